The summed E-state index contributed by atoms with van der Waals surface area (Å²) in [6.07, 6.45) is 2.65. The molecule has 1 aliphatic rings. The summed E-state index contributed by atoms with van der Waals surface area (Å²) in [6, 6.07) is 11.1. The molecule has 1 atom stereocenters. The zero-order valence-electron chi connectivity index (χ0n) is 14.7. The average molecular weight is 365 g/mol. The molecule has 3 aromatic rings. The van der Waals surface area contributed by atoms with E-state index in [0.29, 0.717) is 43.5 Å². The van der Waals surface area contributed by atoms with Crippen molar-refractivity contribution in [2.75, 3.05) is 6.54 Å². The molecule has 1 saturated heterocycles. The molecule has 8 heteroatoms. The molecule has 0 radical (unpaired) electrons. The van der Waals surface area contributed by atoms with Crippen LogP contribution in [0, 0.1) is 5.92 Å². The molecular formula is C19H19N5O3. The van der Waals surface area contributed by atoms with Gasteiger partial charge in [0.2, 0.25) is 11.8 Å². The van der Waals surface area contributed by atoms with Gasteiger partial charge in [0.15, 0.2) is 0 Å². The Bertz CT molecular complexity index is 956. The summed E-state index contributed by atoms with van der Waals surface area (Å²) in [5.41, 5.74) is 3.08. The van der Waals surface area contributed by atoms with E-state index in [1.807, 2.05) is 30.3 Å². The minimum atomic E-state index is -0.219. The number of hydrogen-bond acceptors (Lipinski definition) is 6. The maximum atomic E-state index is 12.6. The van der Waals surface area contributed by atoms with Gasteiger partial charge >= 0.3 is 0 Å². The highest BCUT2D eigenvalue weighted by Crippen LogP contribution is 2.20. The predicted octanol–water partition coefficient (Wildman–Crippen LogP) is 1.67. The van der Waals surface area contributed by atoms with Gasteiger partial charge in [-0.25, -0.2) is 4.63 Å². The summed E-state index contributed by atoms with van der Waals surface area (Å²) in [6.45, 7) is 1.24. The molecule has 1 aromatic carbocycles. The molecule has 0 unspecified atom stereocenters. The third-order valence-electron chi connectivity index (χ3n) is 4.73. The largest absolute Gasteiger partial charge is 0.352 e. The van der Waals surface area contributed by atoms with Gasteiger partial charge in [0.1, 0.15) is 11.0 Å². The Labute approximate surface area is 155 Å². The molecule has 1 aliphatic heterocycles. The van der Waals surface area contributed by atoms with Crippen LogP contribution in [-0.4, -0.2) is 38.6 Å². The van der Waals surface area contributed by atoms with E-state index in [1.54, 1.807) is 17.2 Å². The Hall–Kier alpha value is -3.29. The zero-order valence-corrected chi connectivity index (χ0v) is 14.7. The van der Waals surface area contributed by atoms with Crippen molar-refractivity contribution in [1.82, 2.24) is 25.5 Å². The molecule has 138 valence electrons. The van der Waals surface area contributed by atoms with Crippen molar-refractivity contribution < 1.29 is 14.2 Å². The molecule has 2 aromatic heterocycles. The fourth-order valence-electron chi connectivity index (χ4n) is 3.24. The van der Waals surface area contributed by atoms with Gasteiger partial charge in [0.05, 0.1) is 18.2 Å². The second-order valence-electron chi connectivity index (χ2n) is 6.64. The van der Waals surface area contributed by atoms with Gasteiger partial charge in [-0.1, -0.05) is 12.1 Å². The van der Waals surface area contributed by atoms with E-state index in [2.05, 4.69) is 25.2 Å². The highest BCUT2D eigenvalue weighted by molar-refractivity contribution is 5.84. The maximum Gasteiger partial charge on any atom is 0.225 e. The van der Waals surface area contributed by atoms with Crippen LogP contribution in [0.4, 0.5) is 0 Å². The fourth-order valence-corrected chi connectivity index (χ4v) is 3.24. The summed E-state index contributed by atoms with van der Waals surface area (Å²) < 4.78 is 4.68. The molecule has 0 spiro atoms. The Morgan fingerprint density at radius 2 is 2.11 bits per heavy atom. The van der Waals surface area contributed by atoms with Gasteiger partial charge in [-0.2, -0.15) is 0 Å². The number of hydrogen-bond donors (Lipinski definition) is 1. The number of benzene rings is 1. The number of fused-ring (bicyclic) bond motifs is 1. The highest BCUT2D eigenvalue weighted by Gasteiger charge is 2.30. The van der Waals surface area contributed by atoms with Crippen molar-refractivity contribution in [3.8, 4) is 0 Å². The van der Waals surface area contributed by atoms with E-state index in [1.165, 1.54) is 0 Å². The summed E-state index contributed by atoms with van der Waals surface area (Å²) >= 11 is 0. The lowest BCUT2D eigenvalue weighted by atomic mass is 9.96. The first-order valence-electron chi connectivity index (χ1n) is 8.85. The van der Waals surface area contributed by atoms with E-state index in [0.717, 1.165) is 11.3 Å². The van der Waals surface area contributed by atoms with Crippen LogP contribution in [0.25, 0.3) is 11.0 Å². The Balaban J connectivity index is 1.35. The van der Waals surface area contributed by atoms with E-state index in [4.69, 9.17) is 0 Å². The van der Waals surface area contributed by atoms with Gasteiger partial charge in [-0.3, -0.25) is 14.6 Å². The molecular weight excluding hydrogens is 346 g/mol. The van der Waals surface area contributed by atoms with Crippen LogP contribution in [0.5, 0.6) is 0 Å². The Kier molecular flexibility index (Phi) is 4.78. The Morgan fingerprint density at radius 1 is 1.22 bits per heavy atom. The quantitative estimate of drug-likeness (QED) is 0.738. The topological polar surface area (TPSA) is 101 Å². The SMILES string of the molecule is O=C(NCc1ccc2nonc2c1)[C@H]1CCC(=O)N(Cc2ccccn2)C1. The van der Waals surface area contributed by atoms with Gasteiger partial charge < -0.3 is 10.2 Å². The van der Waals surface area contributed by atoms with Crippen LogP contribution >= 0.6 is 0 Å². The number of carbonyl (C=O) groups excluding carboxylic acids is 2. The number of nitrogens with one attached hydrogen (secondary N) is 1. The zero-order chi connectivity index (χ0) is 18.6. The first kappa shape index (κ1) is 17.1. The van der Waals surface area contributed by atoms with Crippen molar-refractivity contribution in [1.29, 1.82) is 0 Å². The minimum absolute atomic E-state index is 0.0492. The van der Waals surface area contributed by atoms with Gasteiger partial charge in [0, 0.05) is 25.7 Å². The predicted molar refractivity (Wildman–Crippen MR) is 96.0 cm³/mol. The first-order chi connectivity index (χ1) is 13.2. The lowest BCUT2D eigenvalue weighted by Crippen LogP contribution is -2.45. The normalized spacial score (nSPS) is 17.3. The fraction of sp³-hybridized carbons (Fsp3) is 0.316. The van der Waals surface area contributed by atoms with Crippen molar-refractivity contribution in [2.45, 2.75) is 25.9 Å². The van der Waals surface area contributed by atoms with Crippen LogP contribution < -0.4 is 5.32 Å². The van der Waals surface area contributed by atoms with Crippen LogP contribution in [0.3, 0.4) is 0 Å². The molecule has 4 rings (SSSR count). The number of amides is 2. The van der Waals surface area contributed by atoms with E-state index in [-0.39, 0.29) is 17.7 Å². The smallest absolute Gasteiger partial charge is 0.225 e. The average Bonchev–Trinajstić information content (AvgIpc) is 3.16. The summed E-state index contributed by atoms with van der Waals surface area (Å²) in [5.74, 6) is -0.204. The minimum Gasteiger partial charge on any atom is -0.352 e. The van der Waals surface area contributed by atoms with Crippen LogP contribution in [0.1, 0.15) is 24.1 Å². The maximum absolute atomic E-state index is 12.6. The van der Waals surface area contributed by atoms with Crippen LogP contribution in [-0.2, 0) is 22.7 Å². The molecule has 0 bridgehead atoms. The van der Waals surface area contributed by atoms with Gasteiger partial charge in [-0.05, 0) is 46.6 Å². The number of piperidine rings is 1. The second kappa shape index (κ2) is 7.53. The van der Waals surface area contributed by atoms with E-state index in [9.17, 15) is 9.59 Å². The lowest BCUT2D eigenvalue weighted by Gasteiger charge is -2.31. The molecule has 1 N–H and O–H groups in total. The molecule has 0 aliphatic carbocycles. The molecule has 8 nitrogen and oxygen atoms in total. The Morgan fingerprint density at radius 3 is 2.96 bits per heavy atom. The summed E-state index contributed by atoms with van der Waals surface area (Å²) in [7, 11) is 0. The van der Waals surface area contributed by atoms with Crippen LogP contribution in [0.15, 0.2) is 47.2 Å². The summed E-state index contributed by atoms with van der Waals surface area (Å²) in [5, 5.41) is 10.5. The van der Waals surface area contributed by atoms with Crippen molar-refractivity contribution >= 4 is 22.8 Å². The molecule has 27 heavy (non-hydrogen) atoms. The van der Waals surface area contributed by atoms with Gasteiger partial charge in [-0.15, -0.1) is 0 Å². The van der Waals surface area contributed by atoms with E-state index >= 15 is 0 Å². The third-order valence-corrected chi connectivity index (χ3v) is 4.73. The first-order valence-corrected chi connectivity index (χ1v) is 8.85. The van der Waals surface area contributed by atoms with Gasteiger partial charge in [0.25, 0.3) is 0 Å². The number of pyridine rings is 1. The van der Waals surface area contributed by atoms with Crippen LogP contribution in [0.2, 0.25) is 0 Å². The van der Waals surface area contributed by atoms with Crippen molar-refractivity contribution in [2.24, 2.45) is 5.92 Å². The molecule has 3 heterocycles. The number of carbonyl (C=O) groups is 2. The lowest BCUT2D eigenvalue weighted by molar-refractivity contribution is -0.139. The van der Waals surface area contributed by atoms with Crippen molar-refractivity contribution in [3.05, 3.63) is 53.9 Å². The summed E-state index contributed by atoms with van der Waals surface area (Å²) in [4.78, 5) is 30.7. The molecule has 2 amide bonds. The number of aromatic nitrogens is 3. The van der Waals surface area contributed by atoms with E-state index < -0.39 is 0 Å². The standard InChI is InChI=1S/C19H19N5O3/c25-18-7-5-14(11-24(18)12-15-3-1-2-8-20-15)19(26)21-10-13-4-6-16-17(9-13)23-27-22-16/h1-4,6,8-9,14H,5,7,10-12H2,(H,21,26)/t14-/m0/s1. The number of likely N-dealkylation sites (tertiary alicyclic amines) is 1. The second-order valence-corrected chi connectivity index (χ2v) is 6.64. The third kappa shape index (κ3) is 3.94. The molecule has 0 saturated carbocycles. The highest BCUT2D eigenvalue weighted by atomic mass is 16.6. The number of rotatable bonds is 5. The van der Waals surface area contributed by atoms with Crippen molar-refractivity contribution in [3.63, 3.8) is 0 Å². The molecule has 1 fully saturated rings. The number of nitrogens with zero attached hydrogens (tertiary/aromatic N) is 4. The monoisotopic (exact) mass is 365 g/mol.